The minimum atomic E-state index is 0.786. The summed E-state index contributed by atoms with van der Waals surface area (Å²) in [6.45, 7) is 5.80. The standard InChI is InChI=1S/C17H17N7S/c1-11-3-2-4-13-14(11)21-17(25-13)24-7-5-23(6-8-24)16-12-9-20-22-15(12)18-10-19-16/h2-4,9-10H,5-8H2,1H3,(H,18,19,20,22). The van der Waals surface area contributed by atoms with Crippen molar-refractivity contribution in [1.82, 2.24) is 25.1 Å². The second-order valence-electron chi connectivity index (χ2n) is 6.22. The Morgan fingerprint density at radius 2 is 1.92 bits per heavy atom. The number of aryl methyl sites for hydroxylation is 1. The Balaban J connectivity index is 1.38. The summed E-state index contributed by atoms with van der Waals surface area (Å²) in [4.78, 5) is 18.2. The Kier molecular flexibility index (Phi) is 3.30. The molecule has 8 heteroatoms. The molecule has 3 aromatic heterocycles. The summed E-state index contributed by atoms with van der Waals surface area (Å²) < 4.78 is 1.26. The highest BCUT2D eigenvalue weighted by Gasteiger charge is 2.22. The Labute approximate surface area is 148 Å². The van der Waals surface area contributed by atoms with Gasteiger partial charge in [-0.2, -0.15) is 5.10 Å². The minimum Gasteiger partial charge on any atom is -0.352 e. The van der Waals surface area contributed by atoms with Crippen LogP contribution in [0, 0.1) is 6.92 Å². The quantitative estimate of drug-likeness (QED) is 0.598. The summed E-state index contributed by atoms with van der Waals surface area (Å²) in [6, 6.07) is 6.37. The van der Waals surface area contributed by atoms with E-state index in [2.05, 4.69) is 55.1 Å². The van der Waals surface area contributed by atoms with Crippen LogP contribution in [0.25, 0.3) is 21.3 Å². The Morgan fingerprint density at radius 3 is 2.76 bits per heavy atom. The van der Waals surface area contributed by atoms with Crippen molar-refractivity contribution >= 4 is 43.5 Å². The van der Waals surface area contributed by atoms with Gasteiger partial charge in [0.2, 0.25) is 0 Å². The molecule has 0 spiro atoms. The lowest BCUT2D eigenvalue weighted by Gasteiger charge is -2.35. The second-order valence-corrected chi connectivity index (χ2v) is 7.23. The van der Waals surface area contributed by atoms with Gasteiger partial charge in [0.1, 0.15) is 12.1 Å². The van der Waals surface area contributed by atoms with Crippen molar-refractivity contribution in [2.24, 2.45) is 0 Å². The molecule has 1 aliphatic rings. The topological polar surface area (TPSA) is 73.8 Å². The van der Waals surface area contributed by atoms with Crippen molar-refractivity contribution in [3.8, 4) is 0 Å². The molecule has 25 heavy (non-hydrogen) atoms. The van der Waals surface area contributed by atoms with Crippen LogP contribution in [-0.4, -0.2) is 51.3 Å². The molecule has 0 aliphatic carbocycles. The normalized spacial score (nSPS) is 15.4. The molecule has 4 aromatic rings. The van der Waals surface area contributed by atoms with Gasteiger partial charge in [0, 0.05) is 26.2 Å². The van der Waals surface area contributed by atoms with Gasteiger partial charge in [-0.1, -0.05) is 23.5 Å². The Morgan fingerprint density at radius 1 is 1.08 bits per heavy atom. The number of benzene rings is 1. The zero-order valence-corrected chi connectivity index (χ0v) is 14.6. The largest absolute Gasteiger partial charge is 0.352 e. The lowest BCUT2D eigenvalue weighted by atomic mass is 10.2. The number of fused-ring (bicyclic) bond motifs is 2. The fourth-order valence-electron chi connectivity index (χ4n) is 3.32. The van der Waals surface area contributed by atoms with Crippen LogP contribution in [-0.2, 0) is 0 Å². The molecule has 0 atom stereocenters. The molecule has 1 N–H and O–H groups in total. The molecule has 1 aromatic carbocycles. The maximum Gasteiger partial charge on any atom is 0.186 e. The van der Waals surface area contributed by atoms with E-state index in [1.165, 1.54) is 10.3 Å². The third kappa shape index (κ3) is 2.41. The van der Waals surface area contributed by atoms with E-state index < -0.39 is 0 Å². The smallest absolute Gasteiger partial charge is 0.186 e. The van der Waals surface area contributed by atoms with E-state index in [-0.39, 0.29) is 0 Å². The van der Waals surface area contributed by atoms with Crippen molar-refractivity contribution in [1.29, 1.82) is 0 Å². The first-order chi connectivity index (χ1) is 12.3. The molecule has 1 aliphatic heterocycles. The molecule has 0 radical (unpaired) electrons. The van der Waals surface area contributed by atoms with Crippen LogP contribution in [0.2, 0.25) is 0 Å². The van der Waals surface area contributed by atoms with Crippen molar-refractivity contribution in [3.63, 3.8) is 0 Å². The summed E-state index contributed by atoms with van der Waals surface area (Å²) in [7, 11) is 0. The van der Waals surface area contributed by atoms with Gasteiger partial charge in [-0.05, 0) is 18.6 Å². The fraction of sp³-hybridized carbons (Fsp3) is 0.294. The van der Waals surface area contributed by atoms with Crippen LogP contribution in [0.5, 0.6) is 0 Å². The lowest BCUT2D eigenvalue weighted by molar-refractivity contribution is 0.648. The predicted molar refractivity (Wildman–Crippen MR) is 100 cm³/mol. The summed E-state index contributed by atoms with van der Waals surface area (Å²) >= 11 is 1.77. The van der Waals surface area contributed by atoms with Gasteiger partial charge in [0.25, 0.3) is 0 Å². The molecule has 126 valence electrons. The monoisotopic (exact) mass is 351 g/mol. The van der Waals surface area contributed by atoms with Crippen LogP contribution >= 0.6 is 11.3 Å². The number of piperazine rings is 1. The van der Waals surface area contributed by atoms with Gasteiger partial charge in [-0.15, -0.1) is 0 Å². The van der Waals surface area contributed by atoms with Crippen molar-refractivity contribution in [2.45, 2.75) is 6.92 Å². The zero-order chi connectivity index (χ0) is 16.8. The summed E-state index contributed by atoms with van der Waals surface area (Å²) in [5, 5.41) is 9.08. The molecule has 7 nitrogen and oxygen atoms in total. The SMILES string of the molecule is Cc1cccc2sc(N3CCN(c4ncnc5[nH]ncc45)CC3)nc12. The molecule has 0 bridgehead atoms. The van der Waals surface area contributed by atoms with E-state index in [0.29, 0.717) is 0 Å². The number of aromatic amines is 1. The van der Waals surface area contributed by atoms with Gasteiger partial charge < -0.3 is 9.80 Å². The summed E-state index contributed by atoms with van der Waals surface area (Å²) in [6.07, 6.45) is 3.39. The fourth-order valence-corrected chi connectivity index (χ4v) is 4.42. The molecular weight excluding hydrogens is 334 g/mol. The average Bonchev–Trinajstić information content (AvgIpc) is 3.29. The third-order valence-electron chi connectivity index (χ3n) is 4.69. The van der Waals surface area contributed by atoms with E-state index in [0.717, 1.165) is 53.7 Å². The second kappa shape index (κ2) is 5.66. The van der Waals surface area contributed by atoms with Crippen molar-refractivity contribution in [2.75, 3.05) is 36.0 Å². The molecule has 4 heterocycles. The van der Waals surface area contributed by atoms with Crippen LogP contribution in [0.4, 0.5) is 10.9 Å². The van der Waals surface area contributed by atoms with Gasteiger partial charge >= 0.3 is 0 Å². The van der Waals surface area contributed by atoms with Crippen LogP contribution in [0.15, 0.2) is 30.7 Å². The highest BCUT2D eigenvalue weighted by atomic mass is 32.1. The molecular formula is C17H17N7S. The summed E-state index contributed by atoms with van der Waals surface area (Å²) in [5.41, 5.74) is 3.15. The average molecular weight is 351 g/mol. The lowest BCUT2D eigenvalue weighted by Crippen LogP contribution is -2.46. The number of nitrogens with zero attached hydrogens (tertiary/aromatic N) is 6. The first-order valence-corrected chi connectivity index (χ1v) is 9.11. The van der Waals surface area contributed by atoms with Crippen LogP contribution in [0.1, 0.15) is 5.56 Å². The number of nitrogens with one attached hydrogen (secondary N) is 1. The molecule has 1 fully saturated rings. The van der Waals surface area contributed by atoms with Crippen LogP contribution < -0.4 is 9.80 Å². The number of H-pyrrole nitrogens is 1. The molecule has 0 unspecified atom stereocenters. The zero-order valence-electron chi connectivity index (χ0n) is 13.8. The van der Waals surface area contributed by atoms with E-state index in [4.69, 9.17) is 4.98 Å². The first-order valence-electron chi connectivity index (χ1n) is 8.30. The number of para-hydroxylation sites is 1. The van der Waals surface area contributed by atoms with Gasteiger partial charge in [0.15, 0.2) is 10.8 Å². The minimum absolute atomic E-state index is 0.786. The molecule has 5 rings (SSSR count). The van der Waals surface area contributed by atoms with E-state index in [9.17, 15) is 0 Å². The maximum atomic E-state index is 4.86. The number of hydrogen-bond acceptors (Lipinski definition) is 7. The number of rotatable bonds is 2. The van der Waals surface area contributed by atoms with E-state index >= 15 is 0 Å². The van der Waals surface area contributed by atoms with Crippen LogP contribution in [0.3, 0.4) is 0 Å². The van der Waals surface area contributed by atoms with Gasteiger partial charge in [-0.3, -0.25) is 5.10 Å². The predicted octanol–water partition coefficient (Wildman–Crippen LogP) is 2.60. The van der Waals surface area contributed by atoms with Gasteiger partial charge in [-0.25, -0.2) is 15.0 Å². The highest BCUT2D eigenvalue weighted by molar-refractivity contribution is 7.22. The number of hydrogen-bond donors (Lipinski definition) is 1. The number of aromatic nitrogens is 5. The van der Waals surface area contributed by atoms with E-state index in [1.807, 2.05) is 0 Å². The highest BCUT2D eigenvalue weighted by Crippen LogP contribution is 2.31. The third-order valence-corrected chi connectivity index (χ3v) is 5.77. The Hall–Kier alpha value is -2.74. The molecule has 0 amide bonds. The van der Waals surface area contributed by atoms with Crippen molar-refractivity contribution < 1.29 is 0 Å². The van der Waals surface area contributed by atoms with Crippen molar-refractivity contribution in [3.05, 3.63) is 36.3 Å². The van der Waals surface area contributed by atoms with E-state index in [1.54, 1.807) is 23.9 Å². The number of anilines is 2. The summed E-state index contributed by atoms with van der Waals surface area (Å²) in [5.74, 6) is 0.957. The number of thiazole rings is 1. The maximum absolute atomic E-state index is 4.86. The first kappa shape index (κ1) is 14.6. The molecule has 0 saturated carbocycles. The molecule has 1 saturated heterocycles. The Bertz CT molecular complexity index is 1050. The van der Waals surface area contributed by atoms with Gasteiger partial charge in [0.05, 0.1) is 21.8 Å².